The molecule has 0 unspecified atom stereocenters. The second-order valence-corrected chi connectivity index (χ2v) is 16.3. The summed E-state index contributed by atoms with van der Waals surface area (Å²) < 4.78 is 0. The van der Waals surface area contributed by atoms with Crippen LogP contribution in [0.3, 0.4) is 0 Å². The van der Waals surface area contributed by atoms with Gasteiger partial charge in [0.25, 0.3) is 0 Å². The molecule has 5 saturated carbocycles. The molecule has 44 heavy (non-hydrogen) atoms. The minimum Gasteiger partial charge on any atom is -0.481 e. The van der Waals surface area contributed by atoms with Crippen molar-refractivity contribution < 1.29 is 39.6 Å². The molecular weight excluding hydrogens is 562 g/mol. The molecule has 5 N–H and O–H groups in total. The lowest BCUT2D eigenvalue weighted by molar-refractivity contribution is -0.249. The summed E-state index contributed by atoms with van der Waals surface area (Å²) in [5.41, 5.74) is -1.27. The molecule has 0 aliphatic heterocycles. The first kappa shape index (κ1) is 33.0. The third kappa shape index (κ3) is 4.41. The smallest absolute Gasteiger partial charge is 0.326 e. The van der Waals surface area contributed by atoms with Gasteiger partial charge < -0.3 is 25.7 Å². The molecule has 0 aromatic carbocycles. The molecular formula is C35H53NO8. The van der Waals surface area contributed by atoms with Crippen molar-refractivity contribution in [1.29, 1.82) is 0 Å². The fourth-order valence-electron chi connectivity index (χ4n) is 12.3. The van der Waals surface area contributed by atoms with E-state index in [1.165, 1.54) is 0 Å². The SMILES string of the molecule is C=C(C)[C@@H]1CC[C@]2(C(=O)N[C@@H](CCC(=O)O)C(=O)O)CC[C@]3(C)[C@H](CC[C@@H]4[C@@]5(C)CC[C@@H](O)[C@@](C)(C(=O)O)[C@@H]5CC[C@]43C)[C@@H]12. The second kappa shape index (κ2) is 10.8. The maximum absolute atomic E-state index is 14.2. The third-order valence-electron chi connectivity index (χ3n) is 14.9. The van der Waals surface area contributed by atoms with E-state index < -0.39 is 40.9 Å². The van der Waals surface area contributed by atoms with E-state index in [4.69, 9.17) is 5.11 Å². The molecule has 0 radical (unpaired) electrons. The van der Waals surface area contributed by atoms with Crippen LogP contribution in [0.1, 0.15) is 112 Å². The molecule has 0 saturated heterocycles. The summed E-state index contributed by atoms with van der Waals surface area (Å²) in [7, 11) is 0. The molecule has 1 amide bonds. The van der Waals surface area contributed by atoms with Crippen LogP contribution in [0.15, 0.2) is 12.2 Å². The van der Waals surface area contributed by atoms with Crippen LogP contribution in [-0.2, 0) is 19.2 Å². The predicted molar refractivity (Wildman–Crippen MR) is 163 cm³/mol. The van der Waals surface area contributed by atoms with Crippen LogP contribution in [0.2, 0.25) is 0 Å². The number of aliphatic carboxylic acids is 3. The fourth-order valence-corrected chi connectivity index (χ4v) is 12.3. The Morgan fingerprint density at radius 3 is 2.11 bits per heavy atom. The first-order valence-corrected chi connectivity index (χ1v) is 16.7. The van der Waals surface area contributed by atoms with Crippen molar-refractivity contribution in [2.45, 2.75) is 124 Å². The zero-order valence-corrected chi connectivity index (χ0v) is 27.2. The van der Waals surface area contributed by atoms with Crippen LogP contribution >= 0.6 is 0 Å². The quantitative estimate of drug-likeness (QED) is 0.224. The summed E-state index contributed by atoms with van der Waals surface area (Å²) in [5.74, 6) is -2.93. The van der Waals surface area contributed by atoms with E-state index in [0.29, 0.717) is 25.2 Å². The van der Waals surface area contributed by atoms with E-state index >= 15 is 0 Å². The Kier molecular flexibility index (Phi) is 8.12. The van der Waals surface area contributed by atoms with Gasteiger partial charge in [0.05, 0.1) is 16.9 Å². The van der Waals surface area contributed by atoms with Gasteiger partial charge in [0.15, 0.2) is 0 Å². The highest BCUT2D eigenvalue weighted by Gasteiger charge is 2.73. The molecule has 9 heteroatoms. The molecule has 0 bridgehead atoms. The number of nitrogens with one attached hydrogen (secondary N) is 1. The van der Waals surface area contributed by atoms with E-state index in [2.05, 4.69) is 32.7 Å². The van der Waals surface area contributed by atoms with E-state index in [9.17, 15) is 34.5 Å². The molecule has 5 rings (SSSR count). The molecule has 0 aromatic heterocycles. The topological polar surface area (TPSA) is 161 Å². The van der Waals surface area contributed by atoms with Crippen LogP contribution in [-0.4, -0.2) is 56.4 Å². The lowest BCUT2D eigenvalue weighted by Crippen LogP contribution is -2.68. The molecule has 5 fully saturated rings. The zero-order chi connectivity index (χ0) is 32.6. The third-order valence-corrected chi connectivity index (χ3v) is 14.9. The summed E-state index contributed by atoms with van der Waals surface area (Å²) >= 11 is 0. The molecule has 0 spiro atoms. The van der Waals surface area contributed by atoms with Crippen LogP contribution in [0.5, 0.6) is 0 Å². The van der Waals surface area contributed by atoms with Gasteiger partial charge in [0, 0.05) is 6.42 Å². The Balaban J connectivity index is 1.50. The fraction of sp³-hybridized carbons (Fsp3) is 0.829. The number of carboxylic acid groups (broad SMARTS) is 3. The minimum absolute atomic E-state index is 0.00781. The molecule has 0 aromatic rings. The Hall–Kier alpha value is -2.42. The van der Waals surface area contributed by atoms with Crippen molar-refractivity contribution in [1.82, 2.24) is 5.32 Å². The highest BCUT2D eigenvalue weighted by Crippen LogP contribution is 2.77. The standard InChI is InChI=1S/C35H53NO8/c1-19(2)20-11-16-35(29(42)36-22(28(40)41)8-10-26(38)39)18-17-32(4)21(27(20)35)7-9-23-31(3)14-13-25(37)34(6,30(43)44)24(31)12-15-33(23,32)5/h20-25,27,37H,1,7-18H2,2-6H3,(H,36,42)(H,38,39)(H,40,41)(H,43,44)/t20-,21+,22-,23+,24+,25+,27+,31+,32+,33+,34-,35-/m0/s1. The first-order chi connectivity index (χ1) is 20.4. The average Bonchev–Trinajstić information content (AvgIpc) is 3.34. The van der Waals surface area contributed by atoms with Gasteiger partial charge in [0.2, 0.25) is 5.91 Å². The summed E-state index contributed by atoms with van der Waals surface area (Å²) in [6, 6.07) is -1.25. The number of aliphatic hydroxyl groups excluding tert-OH is 1. The first-order valence-electron chi connectivity index (χ1n) is 16.7. The molecule has 246 valence electrons. The number of hydrogen-bond donors (Lipinski definition) is 5. The summed E-state index contributed by atoms with van der Waals surface area (Å²) in [5, 5.41) is 43.1. The normalized spacial score (nSPS) is 46.8. The minimum atomic E-state index is -1.25. The van der Waals surface area contributed by atoms with E-state index in [0.717, 1.165) is 50.5 Å². The van der Waals surface area contributed by atoms with Gasteiger partial charge in [-0.2, -0.15) is 0 Å². The van der Waals surface area contributed by atoms with Gasteiger partial charge >= 0.3 is 17.9 Å². The van der Waals surface area contributed by atoms with Gasteiger partial charge in [-0.15, -0.1) is 0 Å². The molecule has 9 nitrogen and oxygen atoms in total. The highest BCUT2D eigenvalue weighted by molar-refractivity contribution is 5.88. The van der Waals surface area contributed by atoms with Crippen LogP contribution in [0.25, 0.3) is 0 Å². The van der Waals surface area contributed by atoms with E-state index in [1.54, 1.807) is 6.92 Å². The summed E-state index contributed by atoms with van der Waals surface area (Å²) in [6.45, 7) is 15.2. The Bertz CT molecular complexity index is 1250. The zero-order valence-electron chi connectivity index (χ0n) is 27.2. The number of carboxylic acids is 3. The second-order valence-electron chi connectivity index (χ2n) is 16.3. The molecule has 5 aliphatic rings. The van der Waals surface area contributed by atoms with Gasteiger partial charge in [0.1, 0.15) is 6.04 Å². The Morgan fingerprint density at radius 1 is 0.841 bits per heavy atom. The molecule has 0 heterocycles. The number of carbonyl (C=O) groups excluding carboxylic acids is 1. The summed E-state index contributed by atoms with van der Waals surface area (Å²) in [6.07, 6.45) is 6.35. The number of aliphatic hydroxyl groups is 1. The van der Waals surface area contributed by atoms with Crippen molar-refractivity contribution in [2.75, 3.05) is 0 Å². The van der Waals surface area contributed by atoms with Gasteiger partial charge in [-0.3, -0.25) is 14.4 Å². The van der Waals surface area contributed by atoms with Crippen molar-refractivity contribution in [2.24, 2.45) is 56.7 Å². The van der Waals surface area contributed by atoms with Crippen molar-refractivity contribution in [3.05, 3.63) is 12.2 Å². The number of hydrogen-bond acceptors (Lipinski definition) is 5. The van der Waals surface area contributed by atoms with Crippen molar-refractivity contribution in [3.63, 3.8) is 0 Å². The van der Waals surface area contributed by atoms with E-state index in [-0.39, 0.29) is 58.7 Å². The van der Waals surface area contributed by atoms with Gasteiger partial charge in [-0.1, -0.05) is 32.9 Å². The van der Waals surface area contributed by atoms with Gasteiger partial charge in [-0.25, -0.2) is 4.79 Å². The lowest BCUT2D eigenvalue weighted by atomic mass is 9.32. The van der Waals surface area contributed by atoms with Crippen molar-refractivity contribution >= 4 is 23.8 Å². The van der Waals surface area contributed by atoms with Crippen LogP contribution in [0, 0.1) is 56.7 Å². The Labute approximate surface area is 261 Å². The van der Waals surface area contributed by atoms with Crippen LogP contribution in [0.4, 0.5) is 0 Å². The Morgan fingerprint density at radius 2 is 1.52 bits per heavy atom. The summed E-state index contributed by atoms with van der Waals surface area (Å²) in [4.78, 5) is 50.1. The van der Waals surface area contributed by atoms with Crippen LogP contribution < -0.4 is 5.32 Å². The predicted octanol–water partition coefficient (Wildman–Crippen LogP) is 5.50. The largest absolute Gasteiger partial charge is 0.481 e. The molecule has 5 aliphatic carbocycles. The average molecular weight is 616 g/mol. The van der Waals surface area contributed by atoms with E-state index in [1.807, 2.05) is 6.92 Å². The highest BCUT2D eigenvalue weighted by atomic mass is 16.4. The number of carbonyl (C=O) groups is 4. The monoisotopic (exact) mass is 615 g/mol. The lowest BCUT2D eigenvalue weighted by Gasteiger charge is -2.72. The van der Waals surface area contributed by atoms with Crippen molar-refractivity contribution in [3.8, 4) is 0 Å². The molecule has 12 atom stereocenters. The number of fused-ring (bicyclic) bond motifs is 7. The maximum Gasteiger partial charge on any atom is 0.326 e. The number of rotatable bonds is 8. The number of amides is 1. The van der Waals surface area contributed by atoms with Gasteiger partial charge in [-0.05, 0) is 130 Å². The maximum atomic E-state index is 14.2. The number of allylic oxidation sites excluding steroid dienone is 1.